The van der Waals surface area contributed by atoms with Crippen molar-refractivity contribution in [2.24, 2.45) is 10.7 Å². The molecule has 0 atom stereocenters. The lowest BCUT2D eigenvalue weighted by molar-refractivity contribution is 1.30. The maximum absolute atomic E-state index is 5.42. The number of aliphatic imine (C=N–C) groups is 1. The molecule has 1 rings (SSSR count). The van der Waals surface area contributed by atoms with E-state index in [1.165, 1.54) is 0 Å². The van der Waals surface area contributed by atoms with Crippen molar-refractivity contribution < 1.29 is 0 Å². The SMILES string of the molecule is C=C(N)/C=C1/N=C=C=C/C1=C/C. The summed E-state index contributed by atoms with van der Waals surface area (Å²) in [6.45, 7) is 5.50. The first-order valence-corrected chi connectivity index (χ1v) is 3.61. The fourth-order valence-corrected chi connectivity index (χ4v) is 0.863. The number of allylic oxidation sites excluding steroid dienone is 3. The fourth-order valence-electron chi connectivity index (χ4n) is 0.863. The molecule has 0 aromatic rings. The highest BCUT2D eigenvalue weighted by Crippen LogP contribution is 2.14. The van der Waals surface area contributed by atoms with Crippen molar-refractivity contribution in [3.63, 3.8) is 0 Å². The third kappa shape index (κ3) is 1.86. The predicted octanol–water partition coefficient (Wildman–Crippen LogP) is 1.68. The monoisotopic (exact) mass is 158 g/mol. The van der Waals surface area contributed by atoms with Crippen LogP contribution in [0.2, 0.25) is 0 Å². The standard InChI is InChI=1S/C10H10N2/c1-3-9-5-4-6-12-10(9)7-8(2)11/h3,5,7H,2,11H2,1H3/b9-3-,10-7+. The molecule has 2 N–H and O–H groups in total. The van der Waals surface area contributed by atoms with Crippen LogP contribution in [0, 0.1) is 0 Å². The highest BCUT2D eigenvalue weighted by atomic mass is 14.7. The molecular formula is C10H10N2. The zero-order chi connectivity index (χ0) is 8.97. The first kappa shape index (κ1) is 8.35. The molecule has 2 nitrogen and oxygen atoms in total. The van der Waals surface area contributed by atoms with Gasteiger partial charge in [0.15, 0.2) is 0 Å². The third-order valence-corrected chi connectivity index (χ3v) is 1.40. The number of hydrogen-bond acceptors (Lipinski definition) is 2. The van der Waals surface area contributed by atoms with Crippen molar-refractivity contribution in [1.82, 2.24) is 0 Å². The Hall–Kier alpha value is -1.75. The topological polar surface area (TPSA) is 38.4 Å². The van der Waals surface area contributed by atoms with Gasteiger partial charge in [0.1, 0.15) is 0 Å². The van der Waals surface area contributed by atoms with E-state index in [0.29, 0.717) is 5.70 Å². The fraction of sp³-hybridized carbons (Fsp3) is 0.100. The van der Waals surface area contributed by atoms with Crippen LogP contribution < -0.4 is 5.73 Å². The second-order valence-electron chi connectivity index (χ2n) is 2.36. The third-order valence-electron chi connectivity index (χ3n) is 1.40. The van der Waals surface area contributed by atoms with E-state index in [0.717, 1.165) is 11.3 Å². The van der Waals surface area contributed by atoms with Crippen molar-refractivity contribution in [1.29, 1.82) is 0 Å². The average Bonchev–Trinajstić information content (AvgIpc) is 2.04. The minimum atomic E-state index is 0.491. The highest BCUT2D eigenvalue weighted by Gasteiger charge is 2.00. The van der Waals surface area contributed by atoms with Gasteiger partial charge in [-0.25, -0.2) is 0 Å². The Labute approximate surface area is 71.8 Å². The summed E-state index contributed by atoms with van der Waals surface area (Å²) in [5, 5.41) is 0. The Kier molecular flexibility index (Phi) is 2.49. The van der Waals surface area contributed by atoms with Crippen molar-refractivity contribution in [3.05, 3.63) is 47.5 Å². The van der Waals surface area contributed by atoms with E-state index in [-0.39, 0.29) is 0 Å². The second kappa shape index (κ2) is 3.59. The van der Waals surface area contributed by atoms with Gasteiger partial charge < -0.3 is 5.73 Å². The summed E-state index contributed by atoms with van der Waals surface area (Å²) in [5.74, 6) is 2.62. The summed E-state index contributed by atoms with van der Waals surface area (Å²) < 4.78 is 0. The largest absolute Gasteiger partial charge is 0.399 e. The van der Waals surface area contributed by atoms with Gasteiger partial charge in [0.05, 0.1) is 5.70 Å². The zero-order valence-electron chi connectivity index (χ0n) is 6.96. The Morgan fingerprint density at radius 1 is 1.75 bits per heavy atom. The molecule has 1 aliphatic rings. The number of rotatable bonds is 1. The second-order valence-corrected chi connectivity index (χ2v) is 2.36. The molecule has 0 aromatic carbocycles. The summed E-state index contributed by atoms with van der Waals surface area (Å²) in [5.41, 5.74) is 10.4. The van der Waals surface area contributed by atoms with Gasteiger partial charge in [-0.05, 0) is 24.8 Å². The minimum Gasteiger partial charge on any atom is -0.399 e. The van der Waals surface area contributed by atoms with E-state index in [9.17, 15) is 0 Å². The van der Waals surface area contributed by atoms with Gasteiger partial charge >= 0.3 is 0 Å². The van der Waals surface area contributed by atoms with Crippen LogP contribution in [0.15, 0.2) is 52.5 Å². The van der Waals surface area contributed by atoms with E-state index < -0.39 is 0 Å². The van der Waals surface area contributed by atoms with Crippen LogP contribution in [0.25, 0.3) is 0 Å². The summed E-state index contributed by atoms with van der Waals surface area (Å²) in [7, 11) is 0. The molecule has 1 aliphatic heterocycles. The van der Waals surface area contributed by atoms with Crippen molar-refractivity contribution in [3.8, 4) is 0 Å². The lowest BCUT2D eigenvalue weighted by atomic mass is 10.1. The van der Waals surface area contributed by atoms with Crippen LogP contribution >= 0.6 is 0 Å². The van der Waals surface area contributed by atoms with Crippen LogP contribution in [-0.4, -0.2) is 5.87 Å². The van der Waals surface area contributed by atoms with Crippen LogP contribution in [0.3, 0.4) is 0 Å². The van der Waals surface area contributed by atoms with Crippen LogP contribution in [0.1, 0.15) is 6.92 Å². The molecule has 0 radical (unpaired) electrons. The molecule has 0 fully saturated rings. The molecule has 0 amide bonds. The molecule has 0 spiro atoms. The van der Waals surface area contributed by atoms with Gasteiger partial charge in [-0.1, -0.05) is 12.7 Å². The minimum absolute atomic E-state index is 0.491. The van der Waals surface area contributed by atoms with E-state index in [2.05, 4.69) is 23.2 Å². The normalized spacial score (nSPS) is 20.8. The van der Waals surface area contributed by atoms with Crippen molar-refractivity contribution in [2.45, 2.75) is 6.92 Å². The lowest BCUT2D eigenvalue weighted by Gasteiger charge is -2.01. The molecule has 60 valence electrons. The first-order valence-electron chi connectivity index (χ1n) is 3.61. The van der Waals surface area contributed by atoms with Gasteiger partial charge in [0, 0.05) is 17.1 Å². The zero-order valence-corrected chi connectivity index (χ0v) is 6.96. The molecule has 0 saturated carbocycles. The molecule has 12 heavy (non-hydrogen) atoms. The van der Waals surface area contributed by atoms with E-state index in [1.807, 2.05) is 19.1 Å². The maximum Gasteiger partial charge on any atom is 0.0832 e. The molecule has 0 aromatic heterocycles. The quantitative estimate of drug-likeness (QED) is 0.579. The van der Waals surface area contributed by atoms with E-state index >= 15 is 0 Å². The molecule has 2 heteroatoms. The molecule has 0 saturated heterocycles. The van der Waals surface area contributed by atoms with Gasteiger partial charge in [0.2, 0.25) is 0 Å². The van der Waals surface area contributed by atoms with Crippen LogP contribution in [-0.2, 0) is 0 Å². The smallest absolute Gasteiger partial charge is 0.0832 e. The van der Waals surface area contributed by atoms with Crippen LogP contribution in [0.4, 0.5) is 0 Å². The summed E-state index contributed by atoms with van der Waals surface area (Å²) in [6, 6.07) is 0. The van der Waals surface area contributed by atoms with Gasteiger partial charge in [-0.2, -0.15) is 4.99 Å². The Balaban J connectivity index is 3.10. The Morgan fingerprint density at radius 3 is 3.08 bits per heavy atom. The number of nitrogens with zero attached hydrogens (tertiary/aromatic N) is 1. The maximum atomic E-state index is 5.42. The first-order chi connectivity index (χ1) is 5.74. The highest BCUT2D eigenvalue weighted by molar-refractivity contribution is 5.61. The summed E-state index contributed by atoms with van der Waals surface area (Å²) in [6.07, 6.45) is 5.45. The molecule has 1 heterocycles. The number of hydrogen-bond donors (Lipinski definition) is 1. The summed E-state index contributed by atoms with van der Waals surface area (Å²) in [4.78, 5) is 3.98. The summed E-state index contributed by atoms with van der Waals surface area (Å²) >= 11 is 0. The Morgan fingerprint density at radius 2 is 2.50 bits per heavy atom. The van der Waals surface area contributed by atoms with Gasteiger partial charge in [-0.15, -0.1) is 0 Å². The van der Waals surface area contributed by atoms with Crippen molar-refractivity contribution in [2.75, 3.05) is 0 Å². The van der Waals surface area contributed by atoms with Crippen molar-refractivity contribution >= 4 is 5.87 Å². The van der Waals surface area contributed by atoms with Gasteiger partial charge in [0.25, 0.3) is 0 Å². The van der Waals surface area contributed by atoms with E-state index in [4.69, 9.17) is 5.73 Å². The molecular weight excluding hydrogens is 148 g/mol. The molecule has 0 unspecified atom stereocenters. The lowest BCUT2D eigenvalue weighted by Crippen LogP contribution is -1.93. The Bertz CT molecular complexity index is 357. The average molecular weight is 158 g/mol. The molecule has 0 bridgehead atoms. The number of nitrogens with two attached hydrogens (primary N) is 1. The predicted molar refractivity (Wildman–Crippen MR) is 50.7 cm³/mol. The molecule has 0 aliphatic carbocycles. The van der Waals surface area contributed by atoms with Gasteiger partial charge in [-0.3, -0.25) is 0 Å². The van der Waals surface area contributed by atoms with E-state index in [1.54, 1.807) is 6.08 Å². The van der Waals surface area contributed by atoms with Crippen LogP contribution in [0.5, 0.6) is 0 Å².